The predicted octanol–water partition coefficient (Wildman–Crippen LogP) is 3.52. The highest BCUT2D eigenvalue weighted by Gasteiger charge is 2.17. The van der Waals surface area contributed by atoms with Crippen LogP contribution < -0.4 is 15.4 Å². The quantitative estimate of drug-likeness (QED) is 0.845. The van der Waals surface area contributed by atoms with Gasteiger partial charge in [-0.1, -0.05) is 18.2 Å². The number of carbonyl (C=O) groups excluding carboxylic acids is 2. The van der Waals surface area contributed by atoms with Crippen molar-refractivity contribution in [1.29, 1.82) is 0 Å². The SMILES string of the molecule is COc1ccc(C(CC(=O)Nc2ccc(C)c(C)c2)NC(C)=O)cc1. The highest BCUT2D eigenvalue weighted by Crippen LogP contribution is 2.22. The lowest BCUT2D eigenvalue weighted by atomic mass is 10.0. The lowest BCUT2D eigenvalue weighted by Crippen LogP contribution is -2.29. The molecule has 0 aliphatic rings. The Balaban J connectivity index is 2.10. The first-order valence-corrected chi connectivity index (χ1v) is 8.17. The molecule has 132 valence electrons. The first-order chi connectivity index (χ1) is 11.9. The van der Waals surface area contributed by atoms with Crippen molar-refractivity contribution in [2.24, 2.45) is 0 Å². The average Bonchev–Trinajstić information content (AvgIpc) is 2.57. The predicted molar refractivity (Wildman–Crippen MR) is 98.7 cm³/mol. The van der Waals surface area contributed by atoms with Gasteiger partial charge in [-0.3, -0.25) is 9.59 Å². The van der Waals surface area contributed by atoms with Crippen LogP contribution in [0.1, 0.15) is 36.1 Å². The fourth-order valence-electron chi connectivity index (χ4n) is 2.55. The number of carbonyl (C=O) groups is 2. The summed E-state index contributed by atoms with van der Waals surface area (Å²) in [5.41, 5.74) is 3.90. The maximum atomic E-state index is 12.4. The van der Waals surface area contributed by atoms with Crippen molar-refractivity contribution in [3.63, 3.8) is 0 Å². The van der Waals surface area contributed by atoms with Crippen molar-refractivity contribution < 1.29 is 14.3 Å². The van der Waals surface area contributed by atoms with Gasteiger partial charge in [0.1, 0.15) is 5.75 Å². The standard InChI is InChI=1S/C20H24N2O3/c1-13-5-8-17(11-14(13)2)22-20(24)12-19(21-15(3)23)16-6-9-18(25-4)10-7-16/h5-11,19H,12H2,1-4H3,(H,21,23)(H,22,24). The summed E-state index contributed by atoms with van der Waals surface area (Å²) in [5, 5.41) is 5.72. The Kier molecular flexibility index (Phi) is 6.17. The number of amides is 2. The molecule has 0 fully saturated rings. The molecule has 2 rings (SSSR count). The van der Waals surface area contributed by atoms with Crippen LogP contribution in [0.2, 0.25) is 0 Å². The van der Waals surface area contributed by atoms with Crippen molar-refractivity contribution in [2.75, 3.05) is 12.4 Å². The second kappa shape index (κ2) is 8.33. The van der Waals surface area contributed by atoms with Crippen LogP contribution in [0.25, 0.3) is 0 Å². The summed E-state index contributed by atoms with van der Waals surface area (Å²) >= 11 is 0. The average molecular weight is 340 g/mol. The van der Waals surface area contributed by atoms with E-state index in [9.17, 15) is 9.59 Å². The Morgan fingerprint density at radius 2 is 1.72 bits per heavy atom. The van der Waals surface area contributed by atoms with E-state index in [0.717, 1.165) is 22.6 Å². The lowest BCUT2D eigenvalue weighted by Gasteiger charge is -2.18. The second-order valence-corrected chi connectivity index (χ2v) is 6.08. The molecule has 25 heavy (non-hydrogen) atoms. The van der Waals surface area contributed by atoms with Gasteiger partial charge in [-0.05, 0) is 54.8 Å². The van der Waals surface area contributed by atoms with Gasteiger partial charge in [0.05, 0.1) is 19.6 Å². The van der Waals surface area contributed by atoms with Crippen LogP contribution >= 0.6 is 0 Å². The van der Waals surface area contributed by atoms with Crippen LogP contribution in [0.4, 0.5) is 5.69 Å². The largest absolute Gasteiger partial charge is 0.497 e. The van der Waals surface area contributed by atoms with E-state index in [1.165, 1.54) is 12.5 Å². The molecule has 1 atom stereocenters. The zero-order valence-corrected chi connectivity index (χ0v) is 15.1. The molecule has 2 aromatic carbocycles. The van der Waals surface area contributed by atoms with Gasteiger partial charge in [-0.25, -0.2) is 0 Å². The van der Waals surface area contributed by atoms with Crippen LogP contribution in [0, 0.1) is 13.8 Å². The molecule has 0 aliphatic heterocycles. The van der Waals surface area contributed by atoms with Gasteiger partial charge in [-0.15, -0.1) is 0 Å². The van der Waals surface area contributed by atoms with Gasteiger partial charge in [-0.2, -0.15) is 0 Å². The smallest absolute Gasteiger partial charge is 0.226 e. The van der Waals surface area contributed by atoms with E-state index in [2.05, 4.69) is 10.6 Å². The number of anilines is 1. The number of hydrogen-bond donors (Lipinski definition) is 2. The summed E-state index contributed by atoms with van der Waals surface area (Å²) in [4.78, 5) is 23.9. The van der Waals surface area contributed by atoms with Gasteiger partial charge < -0.3 is 15.4 Å². The Morgan fingerprint density at radius 3 is 2.28 bits per heavy atom. The number of aryl methyl sites for hydroxylation is 2. The van der Waals surface area contributed by atoms with Crippen molar-refractivity contribution in [3.05, 3.63) is 59.2 Å². The molecule has 0 bridgehead atoms. The summed E-state index contributed by atoms with van der Waals surface area (Å²) in [5.74, 6) is 0.391. The van der Waals surface area contributed by atoms with Gasteiger partial charge in [0, 0.05) is 12.6 Å². The zero-order chi connectivity index (χ0) is 18.4. The minimum Gasteiger partial charge on any atom is -0.497 e. The van der Waals surface area contributed by atoms with E-state index < -0.39 is 6.04 Å². The van der Waals surface area contributed by atoms with E-state index in [1.807, 2.05) is 56.3 Å². The maximum absolute atomic E-state index is 12.4. The third-order valence-electron chi connectivity index (χ3n) is 4.08. The molecule has 0 radical (unpaired) electrons. The molecule has 0 aromatic heterocycles. The summed E-state index contributed by atoms with van der Waals surface area (Å²) in [6.45, 7) is 5.47. The molecule has 0 spiro atoms. The molecule has 0 heterocycles. The fraction of sp³-hybridized carbons (Fsp3) is 0.300. The Morgan fingerprint density at radius 1 is 1.04 bits per heavy atom. The Hall–Kier alpha value is -2.82. The van der Waals surface area contributed by atoms with Crippen LogP contribution in [0.15, 0.2) is 42.5 Å². The summed E-state index contributed by atoms with van der Waals surface area (Å²) in [6, 6.07) is 12.7. The number of hydrogen-bond acceptors (Lipinski definition) is 3. The third-order valence-corrected chi connectivity index (χ3v) is 4.08. The molecule has 2 amide bonds. The van der Waals surface area contributed by atoms with Crippen molar-refractivity contribution in [1.82, 2.24) is 5.32 Å². The van der Waals surface area contributed by atoms with E-state index >= 15 is 0 Å². The zero-order valence-electron chi connectivity index (χ0n) is 15.1. The molecular formula is C20H24N2O3. The molecular weight excluding hydrogens is 316 g/mol. The molecule has 5 nitrogen and oxygen atoms in total. The first-order valence-electron chi connectivity index (χ1n) is 8.17. The lowest BCUT2D eigenvalue weighted by molar-refractivity contribution is -0.120. The molecule has 2 aromatic rings. The van der Waals surface area contributed by atoms with Crippen LogP contribution in [-0.2, 0) is 9.59 Å². The maximum Gasteiger partial charge on any atom is 0.226 e. The molecule has 0 saturated carbocycles. The molecule has 1 unspecified atom stereocenters. The normalized spacial score (nSPS) is 11.5. The summed E-state index contributed by atoms with van der Waals surface area (Å²) in [6.07, 6.45) is 0.152. The number of benzene rings is 2. The summed E-state index contributed by atoms with van der Waals surface area (Å²) in [7, 11) is 1.59. The minimum absolute atomic E-state index is 0.152. The topological polar surface area (TPSA) is 67.4 Å². The van der Waals surface area contributed by atoms with E-state index in [1.54, 1.807) is 7.11 Å². The fourth-order valence-corrected chi connectivity index (χ4v) is 2.55. The van der Waals surface area contributed by atoms with E-state index in [-0.39, 0.29) is 18.2 Å². The molecule has 2 N–H and O–H groups in total. The van der Waals surface area contributed by atoms with E-state index in [0.29, 0.717) is 0 Å². The van der Waals surface area contributed by atoms with Crippen molar-refractivity contribution in [2.45, 2.75) is 33.2 Å². The van der Waals surface area contributed by atoms with Gasteiger partial charge >= 0.3 is 0 Å². The number of ether oxygens (including phenoxy) is 1. The second-order valence-electron chi connectivity index (χ2n) is 6.08. The highest BCUT2D eigenvalue weighted by molar-refractivity contribution is 5.91. The molecule has 0 saturated heterocycles. The Labute approximate surface area is 148 Å². The van der Waals surface area contributed by atoms with Gasteiger partial charge in [0.2, 0.25) is 11.8 Å². The molecule has 5 heteroatoms. The van der Waals surface area contributed by atoms with Crippen LogP contribution in [0.5, 0.6) is 5.75 Å². The minimum atomic E-state index is -0.394. The number of nitrogens with one attached hydrogen (secondary N) is 2. The number of rotatable bonds is 6. The first kappa shape index (κ1) is 18.5. The molecule has 0 aliphatic carbocycles. The summed E-state index contributed by atoms with van der Waals surface area (Å²) < 4.78 is 5.14. The monoisotopic (exact) mass is 340 g/mol. The van der Waals surface area contributed by atoms with Crippen molar-refractivity contribution >= 4 is 17.5 Å². The van der Waals surface area contributed by atoms with Crippen LogP contribution in [0.3, 0.4) is 0 Å². The highest BCUT2D eigenvalue weighted by atomic mass is 16.5. The number of methoxy groups -OCH3 is 1. The van der Waals surface area contributed by atoms with Gasteiger partial charge in [0.15, 0.2) is 0 Å². The van der Waals surface area contributed by atoms with Crippen LogP contribution in [-0.4, -0.2) is 18.9 Å². The van der Waals surface area contributed by atoms with Gasteiger partial charge in [0.25, 0.3) is 0 Å². The van der Waals surface area contributed by atoms with E-state index in [4.69, 9.17) is 4.74 Å². The third kappa shape index (κ3) is 5.35. The Bertz CT molecular complexity index is 754. The van der Waals surface area contributed by atoms with Crippen molar-refractivity contribution in [3.8, 4) is 5.75 Å².